The fourth-order valence-electron chi connectivity index (χ4n) is 3.96. The van der Waals surface area contributed by atoms with Crippen molar-refractivity contribution in [3.8, 4) is 0 Å². The van der Waals surface area contributed by atoms with E-state index in [0.717, 1.165) is 17.3 Å². The van der Waals surface area contributed by atoms with Crippen LogP contribution in [0.4, 0.5) is 18.9 Å². The number of furan rings is 1. The average molecular weight is 465 g/mol. The third kappa shape index (κ3) is 4.99. The number of anilines is 1. The van der Waals surface area contributed by atoms with E-state index in [1.807, 2.05) is 36.4 Å². The summed E-state index contributed by atoms with van der Waals surface area (Å²) in [4.78, 5) is 4.45. The lowest BCUT2D eigenvalue weighted by Crippen LogP contribution is -2.48. The average Bonchev–Trinajstić information content (AvgIpc) is 3.23. The van der Waals surface area contributed by atoms with Crippen molar-refractivity contribution in [1.29, 1.82) is 0 Å². The van der Waals surface area contributed by atoms with Crippen LogP contribution in [-0.2, 0) is 22.6 Å². The zero-order valence-electron chi connectivity index (χ0n) is 17.4. The van der Waals surface area contributed by atoms with Crippen LogP contribution in [0, 0.1) is 0 Å². The Kier molecular flexibility index (Phi) is 6.05. The van der Waals surface area contributed by atoms with Gasteiger partial charge < -0.3 is 9.32 Å². The Balaban J connectivity index is 1.60. The zero-order valence-corrected chi connectivity index (χ0v) is 18.2. The molecule has 5 nitrogen and oxygen atoms in total. The minimum Gasteiger partial charge on any atom is -0.455 e. The summed E-state index contributed by atoms with van der Waals surface area (Å²) < 4.78 is 67.7. The SMILES string of the molecule is CS(=O)(=O)c1cccc(N2CCN(Cc3ccc(C(F)(F)F)o3)C(c3ccccc3)C2)c1. The van der Waals surface area contributed by atoms with Crippen LogP contribution in [0.1, 0.15) is 23.1 Å². The molecule has 0 N–H and O–H groups in total. The molecule has 1 saturated heterocycles. The Morgan fingerprint density at radius 3 is 2.41 bits per heavy atom. The van der Waals surface area contributed by atoms with Crippen LogP contribution < -0.4 is 4.90 Å². The van der Waals surface area contributed by atoms with E-state index in [1.165, 1.54) is 12.3 Å². The van der Waals surface area contributed by atoms with Crippen molar-refractivity contribution in [2.24, 2.45) is 0 Å². The van der Waals surface area contributed by atoms with Crippen LogP contribution >= 0.6 is 0 Å². The molecule has 4 rings (SSSR count). The molecular weight excluding hydrogens is 441 g/mol. The van der Waals surface area contributed by atoms with Gasteiger partial charge in [-0.2, -0.15) is 13.2 Å². The van der Waals surface area contributed by atoms with Crippen molar-refractivity contribution in [2.75, 3.05) is 30.8 Å². The van der Waals surface area contributed by atoms with Crippen molar-refractivity contribution in [2.45, 2.75) is 23.7 Å². The normalized spacial score (nSPS) is 18.1. The maximum Gasteiger partial charge on any atom is 0.449 e. The number of hydrogen-bond acceptors (Lipinski definition) is 5. The van der Waals surface area contributed by atoms with E-state index in [2.05, 4.69) is 9.80 Å². The molecule has 0 aliphatic carbocycles. The van der Waals surface area contributed by atoms with Crippen molar-refractivity contribution in [3.63, 3.8) is 0 Å². The van der Waals surface area contributed by atoms with Gasteiger partial charge in [0.2, 0.25) is 5.76 Å². The van der Waals surface area contributed by atoms with Gasteiger partial charge in [-0.1, -0.05) is 36.4 Å². The van der Waals surface area contributed by atoms with Crippen LogP contribution in [0.25, 0.3) is 0 Å². The highest BCUT2D eigenvalue weighted by Crippen LogP contribution is 2.34. The molecule has 1 aliphatic rings. The minimum atomic E-state index is -4.51. The van der Waals surface area contributed by atoms with E-state index in [4.69, 9.17) is 4.42 Å². The first-order valence-corrected chi connectivity index (χ1v) is 12.0. The third-order valence-corrected chi connectivity index (χ3v) is 6.70. The Morgan fingerprint density at radius 1 is 1.00 bits per heavy atom. The number of sulfone groups is 1. The van der Waals surface area contributed by atoms with Gasteiger partial charge in [0.1, 0.15) is 5.76 Å². The second-order valence-electron chi connectivity index (χ2n) is 7.88. The first-order chi connectivity index (χ1) is 15.1. The minimum absolute atomic E-state index is 0.105. The first-order valence-electron chi connectivity index (χ1n) is 10.1. The summed E-state index contributed by atoms with van der Waals surface area (Å²) in [5, 5.41) is 0. The van der Waals surface area contributed by atoms with Crippen molar-refractivity contribution < 1.29 is 26.0 Å². The predicted molar refractivity (Wildman–Crippen MR) is 115 cm³/mol. The maximum absolute atomic E-state index is 12.9. The fraction of sp³-hybridized carbons (Fsp3) is 0.304. The molecule has 2 aromatic carbocycles. The topological polar surface area (TPSA) is 53.8 Å². The van der Waals surface area contributed by atoms with Gasteiger partial charge >= 0.3 is 6.18 Å². The summed E-state index contributed by atoms with van der Waals surface area (Å²) in [7, 11) is -3.33. The summed E-state index contributed by atoms with van der Waals surface area (Å²) in [6.07, 6.45) is -3.34. The van der Waals surface area contributed by atoms with E-state index in [9.17, 15) is 21.6 Å². The number of rotatable bonds is 5. The number of hydrogen-bond donors (Lipinski definition) is 0. The van der Waals surface area contributed by atoms with Crippen LogP contribution in [0.3, 0.4) is 0 Å². The Hall–Kier alpha value is -2.78. The van der Waals surface area contributed by atoms with Gasteiger partial charge in [0.15, 0.2) is 9.84 Å². The van der Waals surface area contributed by atoms with Crippen LogP contribution in [0.2, 0.25) is 0 Å². The highest BCUT2D eigenvalue weighted by Gasteiger charge is 2.35. The molecule has 3 aromatic rings. The summed E-state index contributed by atoms with van der Waals surface area (Å²) in [6.45, 7) is 1.98. The van der Waals surface area contributed by atoms with E-state index < -0.39 is 21.8 Å². The quantitative estimate of drug-likeness (QED) is 0.545. The van der Waals surface area contributed by atoms with Gasteiger partial charge in [0, 0.05) is 31.6 Å². The Labute approximate surface area is 185 Å². The summed E-state index contributed by atoms with van der Waals surface area (Å²) >= 11 is 0. The molecule has 0 amide bonds. The molecule has 32 heavy (non-hydrogen) atoms. The van der Waals surface area contributed by atoms with E-state index >= 15 is 0 Å². The lowest BCUT2D eigenvalue weighted by atomic mass is 10.0. The molecule has 0 radical (unpaired) electrons. The molecule has 1 atom stereocenters. The number of alkyl halides is 3. The number of nitrogens with zero attached hydrogens (tertiary/aromatic N) is 2. The first kappa shape index (κ1) is 22.4. The molecule has 0 spiro atoms. The second kappa shape index (κ2) is 8.63. The molecule has 1 aliphatic heterocycles. The van der Waals surface area contributed by atoms with Gasteiger partial charge in [0.25, 0.3) is 0 Å². The van der Waals surface area contributed by atoms with E-state index in [1.54, 1.807) is 18.2 Å². The molecule has 9 heteroatoms. The molecule has 1 aromatic heterocycles. The molecule has 1 fully saturated rings. The summed E-state index contributed by atoms with van der Waals surface area (Å²) in [6, 6.07) is 18.8. The fourth-order valence-corrected chi connectivity index (χ4v) is 4.62. The van der Waals surface area contributed by atoms with Crippen molar-refractivity contribution in [3.05, 3.63) is 83.8 Å². The number of piperazine rings is 1. The lowest BCUT2D eigenvalue weighted by molar-refractivity contribution is -0.153. The maximum atomic E-state index is 12.9. The van der Waals surface area contributed by atoms with Crippen molar-refractivity contribution in [1.82, 2.24) is 4.90 Å². The van der Waals surface area contributed by atoms with E-state index in [-0.39, 0.29) is 23.2 Å². The molecular formula is C23H23F3N2O3S. The summed E-state index contributed by atoms with van der Waals surface area (Å²) in [5.41, 5.74) is 1.82. The second-order valence-corrected chi connectivity index (χ2v) is 9.89. The standard InChI is InChI=1S/C23H23F3N2O3S/c1-32(29,30)20-9-5-8-18(14-20)27-12-13-28(21(16-27)17-6-3-2-4-7-17)15-19-10-11-22(31-19)23(24,25)26/h2-11,14,21H,12-13,15-16H2,1H3. The molecule has 0 bridgehead atoms. The lowest BCUT2D eigenvalue weighted by Gasteiger charge is -2.42. The Morgan fingerprint density at radius 2 is 1.75 bits per heavy atom. The number of benzene rings is 2. The predicted octanol–water partition coefficient (Wildman–Crippen LogP) is 4.77. The largest absolute Gasteiger partial charge is 0.455 e. The molecule has 2 heterocycles. The molecule has 0 saturated carbocycles. The monoisotopic (exact) mass is 464 g/mol. The number of halogens is 3. The van der Waals surface area contributed by atoms with Gasteiger partial charge in [-0.15, -0.1) is 0 Å². The smallest absolute Gasteiger partial charge is 0.449 e. The van der Waals surface area contributed by atoms with Gasteiger partial charge in [-0.3, -0.25) is 4.90 Å². The Bertz CT molecular complexity index is 1180. The van der Waals surface area contributed by atoms with Crippen LogP contribution in [0.5, 0.6) is 0 Å². The third-order valence-electron chi connectivity index (χ3n) is 5.59. The highest BCUT2D eigenvalue weighted by atomic mass is 32.2. The van der Waals surface area contributed by atoms with Gasteiger partial charge in [0.05, 0.1) is 17.5 Å². The van der Waals surface area contributed by atoms with Crippen molar-refractivity contribution >= 4 is 15.5 Å². The molecule has 1 unspecified atom stereocenters. The van der Waals surface area contributed by atoms with Crippen LogP contribution in [0.15, 0.2) is 76.0 Å². The zero-order chi connectivity index (χ0) is 22.9. The van der Waals surface area contributed by atoms with Gasteiger partial charge in [-0.25, -0.2) is 8.42 Å². The van der Waals surface area contributed by atoms with Gasteiger partial charge in [-0.05, 0) is 35.9 Å². The summed E-state index contributed by atoms with van der Waals surface area (Å²) in [5.74, 6) is -0.745. The highest BCUT2D eigenvalue weighted by molar-refractivity contribution is 7.90. The molecule has 170 valence electrons. The van der Waals surface area contributed by atoms with Crippen LogP contribution in [-0.4, -0.2) is 39.2 Å². The van der Waals surface area contributed by atoms with E-state index in [0.29, 0.717) is 19.6 Å².